The zero-order chi connectivity index (χ0) is 15.6. The van der Waals surface area contributed by atoms with Crippen molar-refractivity contribution in [2.24, 2.45) is 11.8 Å². The van der Waals surface area contributed by atoms with Gasteiger partial charge in [0.05, 0.1) is 12.0 Å². The Morgan fingerprint density at radius 1 is 1.43 bits per heavy atom. The summed E-state index contributed by atoms with van der Waals surface area (Å²) < 4.78 is 5.51. The van der Waals surface area contributed by atoms with E-state index in [2.05, 4.69) is 19.2 Å². The quantitative estimate of drug-likeness (QED) is 0.905. The van der Waals surface area contributed by atoms with Crippen molar-refractivity contribution in [1.82, 2.24) is 10.2 Å². The van der Waals surface area contributed by atoms with Gasteiger partial charge in [-0.1, -0.05) is 13.8 Å². The van der Waals surface area contributed by atoms with E-state index >= 15 is 0 Å². The maximum atomic E-state index is 12.3. The summed E-state index contributed by atoms with van der Waals surface area (Å²) in [7, 11) is 0. The Labute approximate surface area is 125 Å². The summed E-state index contributed by atoms with van der Waals surface area (Å²) in [6.45, 7) is 9.14. The van der Waals surface area contributed by atoms with Crippen molar-refractivity contribution >= 4 is 11.8 Å². The molecule has 0 radical (unpaired) electrons. The Hall–Kier alpha value is -1.78. The molecule has 0 bridgehead atoms. The molecule has 2 amide bonds. The van der Waals surface area contributed by atoms with Gasteiger partial charge in [0, 0.05) is 19.5 Å². The second-order valence-electron chi connectivity index (χ2n) is 6.27. The third-order valence-electron chi connectivity index (χ3n) is 3.72. The number of amides is 2. The van der Waals surface area contributed by atoms with E-state index in [0.29, 0.717) is 18.9 Å². The molecule has 116 valence electrons. The van der Waals surface area contributed by atoms with Crippen LogP contribution >= 0.6 is 0 Å². The first-order valence-corrected chi connectivity index (χ1v) is 7.51. The Morgan fingerprint density at radius 3 is 2.71 bits per heavy atom. The number of aryl methyl sites for hydroxylation is 1. The highest BCUT2D eigenvalue weighted by molar-refractivity contribution is 5.89. The highest BCUT2D eigenvalue weighted by Gasteiger charge is 2.35. The van der Waals surface area contributed by atoms with Gasteiger partial charge in [0.1, 0.15) is 11.5 Å². The van der Waals surface area contributed by atoms with E-state index in [1.165, 1.54) is 0 Å². The lowest BCUT2D eigenvalue weighted by Gasteiger charge is -2.19. The molecule has 21 heavy (non-hydrogen) atoms. The van der Waals surface area contributed by atoms with Gasteiger partial charge in [0.2, 0.25) is 11.8 Å². The molecule has 1 aliphatic rings. The van der Waals surface area contributed by atoms with Crippen LogP contribution in [0.15, 0.2) is 16.5 Å². The average Bonchev–Trinajstić information content (AvgIpc) is 2.96. The van der Waals surface area contributed by atoms with Crippen LogP contribution in [0.4, 0.5) is 0 Å². The van der Waals surface area contributed by atoms with E-state index in [-0.39, 0.29) is 23.8 Å². The van der Waals surface area contributed by atoms with Crippen LogP contribution in [-0.4, -0.2) is 29.8 Å². The number of hydrogen-bond donors (Lipinski definition) is 1. The molecule has 5 heteroatoms. The van der Waals surface area contributed by atoms with Crippen LogP contribution in [-0.2, 0) is 9.59 Å². The lowest BCUT2D eigenvalue weighted by atomic mass is 10.1. The summed E-state index contributed by atoms with van der Waals surface area (Å²) in [6, 6.07) is 3.56. The van der Waals surface area contributed by atoms with Crippen molar-refractivity contribution in [3.8, 4) is 0 Å². The molecule has 1 aromatic heterocycles. The molecule has 2 heterocycles. The van der Waals surface area contributed by atoms with Gasteiger partial charge in [-0.05, 0) is 31.9 Å². The highest BCUT2D eigenvalue weighted by Crippen LogP contribution is 2.21. The second-order valence-corrected chi connectivity index (χ2v) is 6.27. The fourth-order valence-electron chi connectivity index (χ4n) is 2.65. The summed E-state index contributed by atoms with van der Waals surface area (Å²) in [5.74, 6) is 1.73. The van der Waals surface area contributed by atoms with Crippen LogP contribution in [0, 0.1) is 18.8 Å². The van der Waals surface area contributed by atoms with Crippen LogP contribution in [0.3, 0.4) is 0 Å². The smallest absolute Gasteiger partial charge is 0.226 e. The lowest BCUT2D eigenvalue weighted by Crippen LogP contribution is -2.35. The number of carbonyl (C=O) groups excluding carboxylic acids is 2. The fraction of sp³-hybridized carbons (Fsp3) is 0.625. The first-order chi connectivity index (χ1) is 9.86. The number of likely N-dealkylation sites (tertiary alicyclic amines) is 1. The minimum absolute atomic E-state index is 0.0730. The van der Waals surface area contributed by atoms with Crippen molar-refractivity contribution in [1.29, 1.82) is 0 Å². The molecule has 0 spiro atoms. The molecular weight excluding hydrogens is 268 g/mol. The Morgan fingerprint density at radius 2 is 2.14 bits per heavy atom. The van der Waals surface area contributed by atoms with E-state index in [1.54, 1.807) is 4.90 Å². The number of carbonyl (C=O) groups is 2. The number of nitrogens with one attached hydrogen (secondary N) is 1. The fourth-order valence-corrected chi connectivity index (χ4v) is 2.65. The molecule has 1 fully saturated rings. The largest absolute Gasteiger partial charge is 0.464 e. The van der Waals surface area contributed by atoms with Crippen molar-refractivity contribution in [3.05, 3.63) is 23.7 Å². The van der Waals surface area contributed by atoms with E-state index in [4.69, 9.17) is 4.42 Å². The van der Waals surface area contributed by atoms with Gasteiger partial charge in [-0.3, -0.25) is 9.59 Å². The average molecular weight is 292 g/mol. The van der Waals surface area contributed by atoms with Gasteiger partial charge in [0.25, 0.3) is 0 Å². The molecule has 2 atom stereocenters. The van der Waals surface area contributed by atoms with E-state index in [1.807, 2.05) is 26.0 Å². The molecule has 0 saturated carbocycles. The lowest BCUT2D eigenvalue weighted by molar-refractivity contribution is -0.129. The molecule has 0 aromatic carbocycles. The first kappa shape index (κ1) is 15.6. The molecule has 5 nitrogen and oxygen atoms in total. The van der Waals surface area contributed by atoms with Crippen molar-refractivity contribution in [2.45, 2.75) is 40.2 Å². The predicted octanol–water partition coefficient (Wildman–Crippen LogP) is 2.27. The number of hydrogen-bond acceptors (Lipinski definition) is 3. The number of nitrogens with zero attached hydrogens (tertiary/aromatic N) is 1. The molecule has 1 saturated heterocycles. The van der Waals surface area contributed by atoms with Crippen LogP contribution in [0.5, 0.6) is 0 Å². The molecule has 0 unspecified atom stereocenters. The summed E-state index contributed by atoms with van der Waals surface area (Å²) in [5, 5.41) is 2.93. The summed E-state index contributed by atoms with van der Waals surface area (Å²) in [6.07, 6.45) is 0.308. The van der Waals surface area contributed by atoms with Crippen LogP contribution in [0.25, 0.3) is 0 Å². The maximum Gasteiger partial charge on any atom is 0.226 e. The Balaban J connectivity index is 1.91. The SMILES string of the molecule is Cc1ccc([C@H](C)NC(=O)[C@H]2CC(=O)N(CC(C)C)C2)o1. The van der Waals surface area contributed by atoms with E-state index < -0.39 is 0 Å². The standard InChI is InChI=1S/C16H24N2O3/c1-10(2)8-18-9-13(7-15(18)19)16(20)17-12(4)14-6-5-11(3)21-14/h5-6,10,12-13H,7-9H2,1-4H3,(H,17,20)/t12-,13-/m0/s1. The Bertz CT molecular complexity index is 521. The zero-order valence-corrected chi connectivity index (χ0v) is 13.2. The van der Waals surface area contributed by atoms with Gasteiger partial charge in [-0.2, -0.15) is 0 Å². The van der Waals surface area contributed by atoms with Crippen molar-refractivity contribution in [3.63, 3.8) is 0 Å². The molecular formula is C16H24N2O3. The Kier molecular flexibility index (Phi) is 4.70. The summed E-state index contributed by atoms with van der Waals surface area (Å²) in [5.41, 5.74) is 0. The van der Waals surface area contributed by atoms with Crippen molar-refractivity contribution < 1.29 is 14.0 Å². The minimum atomic E-state index is -0.255. The van der Waals surface area contributed by atoms with Gasteiger partial charge in [0.15, 0.2) is 0 Å². The van der Waals surface area contributed by atoms with Gasteiger partial charge < -0.3 is 14.6 Å². The highest BCUT2D eigenvalue weighted by atomic mass is 16.3. The van der Waals surface area contributed by atoms with Gasteiger partial charge >= 0.3 is 0 Å². The van der Waals surface area contributed by atoms with Crippen molar-refractivity contribution in [2.75, 3.05) is 13.1 Å². The molecule has 1 aromatic rings. The van der Waals surface area contributed by atoms with Crippen LogP contribution < -0.4 is 5.32 Å². The molecule has 1 N–H and O–H groups in total. The maximum absolute atomic E-state index is 12.3. The van der Waals surface area contributed by atoms with E-state index in [9.17, 15) is 9.59 Å². The predicted molar refractivity (Wildman–Crippen MR) is 79.5 cm³/mol. The monoisotopic (exact) mass is 292 g/mol. The summed E-state index contributed by atoms with van der Waals surface area (Å²) in [4.78, 5) is 26.0. The first-order valence-electron chi connectivity index (χ1n) is 7.51. The minimum Gasteiger partial charge on any atom is -0.464 e. The topological polar surface area (TPSA) is 62.6 Å². The van der Waals surface area contributed by atoms with E-state index in [0.717, 1.165) is 18.1 Å². The molecule has 1 aliphatic heterocycles. The zero-order valence-electron chi connectivity index (χ0n) is 13.2. The van der Waals surface area contributed by atoms with Gasteiger partial charge in [-0.25, -0.2) is 0 Å². The molecule has 0 aliphatic carbocycles. The third kappa shape index (κ3) is 3.86. The molecule has 2 rings (SSSR count). The number of furan rings is 1. The summed E-state index contributed by atoms with van der Waals surface area (Å²) >= 11 is 0. The second kappa shape index (κ2) is 6.33. The van der Waals surface area contributed by atoms with Gasteiger partial charge in [-0.15, -0.1) is 0 Å². The normalized spacial score (nSPS) is 20.1. The van der Waals surface area contributed by atoms with Crippen LogP contribution in [0.1, 0.15) is 44.8 Å². The number of rotatable bonds is 5. The third-order valence-corrected chi connectivity index (χ3v) is 3.72. The van der Waals surface area contributed by atoms with Crippen LogP contribution in [0.2, 0.25) is 0 Å².